The van der Waals surface area contributed by atoms with E-state index in [-0.39, 0.29) is 0 Å². The fourth-order valence-electron chi connectivity index (χ4n) is 1.84. The van der Waals surface area contributed by atoms with E-state index in [9.17, 15) is 0 Å². The molecule has 0 radical (unpaired) electrons. The molecule has 0 aliphatic rings. The van der Waals surface area contributed by atoms with Crippen LogP contribution in [-0.4, -0.2) is 19.6 Å². The molecule has 92 valence electrons. The minimum Gasteiger partial charge on any atom is -0.363 e. The van der Waals surface area contributed by atoms with Gasteiger partial charge in [-0.15, -0.1) is 0 Å². The van der Waals surface area contributed by atoms with Crippen molar-refractivity contribution in [3.8, 4) is 0 Å². The zero-order valence-corrected chi connectivity index (χ0v) is 10.6. The predicted octanol–water partition coefficient (Wildman–Crippen LogP) is 1.95. The van der Waals surface area contributed by atoms with E-state index in [0.717, 1.165) is 31.0 Å². The summed E-state index contributed by atoms with van der Waals surface area (Å²) in [5.74, 6) is 0.898. The van der Waals surface area contributed by atoms with Crippen LogP contribution in [0.5, 0.6) is 0 Å². The van der Waals surface area contributed by atoms with Crippen LogP contribution in [-0.2, 0) is 20.1 Å². The SMILES string of the molecule is CCCn1nc(C)cc1CNc1ccn(C)n1. The molecule has 5 nitrogen and oxygen atoms in total. The van der Waals surface area contributed by atoms with Crippen LogP contribution in [0.3, 0.4) is 0 Å². The van der Waals surface area contributed by atoms with Crippen LogP contribution >= 0.6 is 0 Å². The molecule has 5 heteroatoms. The van der Waals surface area contributed by atoms with Crippen LogP contribution in [0.15, 0.2) is 18.3 Å². The Morgan fingerprint density at radius 1 is 1.35 bits per heavy atom. The normalized spacial score (nSPS) is 10.8. The van der Waals surface area contributed by atoms with Crippen LogP contribution in [0, 0.1) is 6.92 Å². The third-order valence-corrected chi connectivity index (χ3v) is 2.59. The zero-order chi connectivity index (χ0) is 12.3. The van der Waals surface area contributed by atoms with Crippen molar-refractivity contribution in [2.45, 2.75) is 33.4 Å². The molecule has 0 unspecified atom stereocenters. The van der Waals surface area contributed by atoms with E-state index in [4.69, 9.17) is 0 Å². The molecule has 0 bridgehead atoms. The highest BCUT2D eigenvalue weighted by Gasteiger charge is 2.05. The van der Waals surface area contributed by atoms with Crippen LogP contribution in [0.2, 0.25) is 0 Å². The maximum Gasteiger partial charge on any atom is 0.148 e. The van der Waals surface area contributed by atoms with Gasteiger partial charge in [0.05, 0.1) is 17.9 Å². The van der Waals surface area contributed by atoms with Gasteiger partial charge in [0.15, 0.2) is 0 Å². The standard InChI is InChI=1S/C12H19N5/c1-4-6-17-11(8-10(2)14-17)9-13-12-5-7-16(3)15-12/h5,7-8H,4,6,9H2,1-3H3,(H,13,15). The topological polar surface area (TPSA) is 47.7 Å². The maximum absolute atomic E-state index is 4.47. The molecule has 0 aliphatic carbocycles. The van der Waals surface area contributed by atoms with E-state index in [2.05, 4.69) is 33.2 Å². The van der Waals surface area contributed by atoms with Crippen molar-refractivity contribution >= 4 is 5.82 Å². The highest BCUT2D eigenvalue weighted by molar-refractivity contribution is 5.33. The van der Waals surface area contributed by atoms with Crippen LogP contribution < -0.4 is 5.32 Å². The van der Waals surface area contributed by atoms with Crippen molar-refractivity contribution in [3.63, 3.8) is 0 Å². The number of anilines is 1. The Bertz CT molecular complexity index is 483. The summed E-state index contributed by atoms with van der Waals surface area (Å²) < 4.78 is 3.85. The number of rotatable bonds is 5. The van der Waals surface area contributed by atoms with E-state index in [1.54, 1.807) is 4.68 Å². The lowest BCUT2D eigenvalue weighted by Gasteiger charge is -2.06. The van der Waals surface area contributed by atoms with Crippen LogP contribution in [0.25, 0.3) is 0 Å². The van der Waals surface area contributed by atoms with Gasteiger partial charge in [-0.1, -0.05) is 6.92 Å². The molecule has 0 spiro atoms. The summed E-state index contributed by atoms with van der Waals surface area (Å²) in [6.07, 6.45) is 3.02. The molecule has 2 rings (SSSR count). The summed E-state index contributed by atoms with van der Waals surface area (Å²) in [5, 5.41) is 12.1. The minimum atomic E-state index is 0.762. The Kier molecular flexibility index (Phi) is 3.46. The maximum atomic E-state index is 4.47. The number of aromatic nitrogens is 4. The molecule has 0 atom stereocenters. The predicted molar refractivity (Wildman–Crippen MR) is 67.8 cm³/mol. The molecule has 0 aromatic carbocycles. The quantitative estimate of drug-likeness (QED) is 0.858. The van der Waals surface area contributed by atoms with Gasteiger partial charge in [-0.25, -0.2) is 0 Å². The lowest BCUT2D eigenvalue weighted by Crippen LogP contribution is -2.09. The van der Waals surface area contributed by atoms with Crippen molar-refractivity contribution in [2.24, 2.45) is 7.05 Å². The first-order valence-electron chi connectivity index (χ1n) is 5.96. The van der Waals surface area contributed by atoms with E-state index < -0.39 is 0 Å². The first-order valence-corrected chi connectivity index (χ1v) is 5.96. The van der Waals surface area contributed by atoms with Crippen molar-refractivity contribution in [2.75, 3.05) is 5.32 Å². The van der Waals surface area contributed by atoms with E-state index >= 15 is 0 Å². The molecule has 0 aliphatic heterocycles. The molecule has 0 fully saturated rings. The number of nitrogens with zero attached hydrogens (tertiary/aromatic N) is 4. The van der Waals surface area contributed by atoms with Crippen LogP contribution in [0.1, 0.15) is 24.7 Å². The smallest absolute Gasteiger partial charge is 0.148 e. The molecular weight excluding hydrogens is 214 g/mol. The summed E-state index contributed by atoms with van der Waals surface area (Å²) in [7, 11) is 1.91. The lowest BCUT2D eigenvalue weighted by atomic mass is 10.3. The third kappa shape index (κ3) is 2.87. The molecule has 0 saturated carbocycles. The molecule has 2 heterocycles. The highest BCUT2D eigenvalue weighted by atomic mass is 15.3. The first-order chi connectivity index (χ1) is 8.19. The Labute approximate surface area is 101 Å². The summed E-state index contributed by atoms with van der Waals surface area (Å²) in [5.41, 5.74) is 2.27. The van der Waals surface area contributed by atoms with Gasteiger partial charge in [0.1, 0.15) is 5.82 Å². The van der Waals surface area contributed by atoms with Crippen LogP contribution in [0.4, 0.5) is 5.82 Å². The molecule has 2 aromatic heterocycles. The first kappa shape index (κ1) is 11.7. The summed E-state index contributed by atoms with van der Waals surface area (Å²) in [4.78, 5) is 0. The Morgan fingerprint density at radius 3 is 2.82 bits per heavy atom. The number of hydrogen-bond donors (Lipinski definition) is 1. The van der Waals surface area contributed by atoms with Gasteiger partial charge in [-0.2, -0.15) is 10.2 Å². The van der Waals surface area contributed by atoms with E-state index in [0.29, 0.717) is 0 Å². The average molecular weight is 233 g/mol. The lowest BCUT2D eigenvalue weighted by molar-refractivity contribution is 0.574. The number of aryl methyl sites for hydroxylation is 3. The highest BCUT2D eigenvalue weighted by Crippen LogP contribution is 2.08. The summed E-state index contributed by atoms with van der Waals surface area (Å²) in [6.45, 7) is 5.91. The van der Waals surface area contributed by atoms with E-state index in [1.807, 2.05) is 26.2 Å². The Morgan fingerprint density at radius 2 is 2.18 bits per heavy atom. The van der Waals surface area contributed by atoms with Crippen molar-refractivity contribution < 1.29 is 0 Å². The van der Waals surface area contributed by atoms with Gasteiger partial charge >= 0.3 is 0 Å². The monoisotopic (exact) mass is 233 g/mol. The number of nitrogens with one attached hydrogen (secondary N) is 1. The van der Waals surface area contributed by atoms with Gasteiger partial charge in [0.25, 0.3) is 0 Å². The van der Waals surface area contributed by atoms with Gasteiger partial charge < -0.3 is 5.32 Å². The molecule has 0 amide bonds. The second kappa shape index (κ2) is 5.03. The largest absolute Gasteiger partial charge is 0.363 e. The second-order valence-corrected chi connectivity index (χ2v) is 4.23. The fourth-order valence-corrected chi connectivity index (χ4v) is 1.84. The summed E-state index contributed by atoms with van der Waals surface area (Å²) >= 11 is 0. The summed E-state index contributed by atoms with van der Waals surface area (Å²) in [6, 6.07) is 4.08. The molecular formula is C12H19N5. The van der Waals surface area contributed by atoms with Crippen molar-refractivity contribution in [1.82, 2.24) is 19.6 Å². The average Bonchev–Trinajstić information content (AvgIpc) is 2.83. The Balaban J connectivity index is 2.02. The van der Waals surface area contributed by atoms with Gasteiger partial charge in [-0.3, -0.25) is 9.36 Å². The van der Waals surface area contributed by atoms with Gasteiger partial charge in [0.2, 0.25) is 0 Å². The van der Waals surface area contributed by atoms with Gasteiger partial charge in [-0.05, 0) is 19.4 Å². The van der Waals surface area contributed by atoms with Crippen molar-refractivity contribution in [3.05, 3.63) is 29.7 Å². The Hall–Kier alpha value is -1.78. The number of hydrogen-bond acceptors (Lipinski definition) is 3. The zero-order valence-electron chi connectivity index (χ0n) is 10.6. The van der Waals surface area contributed by atoms with Crippen molar-refractivity contribution in [1.29, 1.82) is 0 Å². The van der Waals surface area contributed by atoms with E-state index in [1.165, 1.54) is 5.69 Å². The second-order valence-electron chi connectivity index (χ2n) is 4.23. The van der Waals surface area contributed by atoms with Gasteiger partial charge in [0, 0.05) is 25.9 Å². The molecule has 0 saturated heterocycles. The molecule has 1 N–H and O–H groups in total. The molecule has 17 heavy (non-hydrogen) atoms. The molecule has 2 aromatic rings. The fraction of sp³-hybridized carbons (Fsp3) is 0.500. The minimum absolute atomic E-state index is 0.762. The third-order valence-electron chi connectivity index (χ3n) is 2.59.